The molecule has 0 unspecified atom stereocenters. The Kier molecular flexibility index (Phi) is 10.6. The summed E-state index contributed by atoms with van der Waals surface area (Å²) in [5.74, 6) is -0.798. The third-order valence-corrected chi connectivity index (χ3v) is 5.28. The van der Waals surface area contributed by atoms with Crippen LogP contribution in [0.4, 0.5) is 11.4 Å². The van der Waals surface area contributed by atoms with Crippen LogP contribution in [0.3, 0.4) is 0 Å². The fourth-order valence-electron chi connectivity index (χ4n) is 3.36. The molecule has 202 valence electrons. The molecule has 3 aromatic rings. The highest BCUT2D eigenvalue weighted by Crippen LogP contribution is 2.27. The number of hydrazone groups is 1. The van der Waals surface area contributed by atoms with Crippen molar-refractivity contribution in [2.75, 3.05) is 31.0 Å². The number of aryl methyl sites for hydroxylation is 1. The molecular formula is C29H30N4O6. The van der Waals surface area contributed by atoms with Crippen LogP contribution in [0.1, 0.15) is 18.1 Å². The molecule has 0 bridgehead atoms. The molecule has 3 N–H and O–H groups in total. The van der Waals surface area contributed by atoms with Crippen LogP contribution in [0.5, 0.6) is 17.2 Å². The van der Waals surface area contributed by atoms with Gasteiger partial charge in [-0.3, -0.25) is 14.4 Å². The van der Waals surface area contributed by atoms with E-state index in [0.29, 0.717) is 35.1 Å². The van der Waals surface area contributed by atoms with Crippen LogP contribution in [0, 0.1) is 0 Å². The Labute approximate surface area is 226 Å². The molecule has 0 spiro atoms. The van der Waals surface area contributed by atoms with Crippen LogP contribution >= 0.6 is 0 Å². The minimum atomic E-state index is -0.944. The fraction of sp³-hybridized carbons (Fsp3) is 0.172. The van der Waals surface area contributed by atoms with Gasteiger partial charge in [0.05, 0.1) is 13.3 Å². The summed E-state index contributed by atoms with van der Waals surface area (Å²) in [6, 6.07) is 19.0. The largest absolute Gasteiger partial charge is 0.493 e. The molecule has 10 heteroatoms. The van der Waals surface area contributed by atoms with Crippen molar-refractivity contribution in [1.82, 2.24) is 5.43 Å². The van der Waals surface area contributed by atoms with Crippen LogP contribution in [0.2, 0.25) is 0 Å². The lowest BCUT2D eigenvalue weighted by molar-refractivity contribution is -0.136. The summed E-state index contributed by atoms with van der Waals surface area (Å²) in [4.78, 5) is 36.6. The van der Waals surface area contributed by atoms with E-state index < -0.39 is 11.8 Å². The predicted molar refractivity (Wildman–Crippen MR) is 149 cm³/mol. The van der Waals surface area contributed by atoms with Crippen LogP contribution in [-0.2, 0) is 20.8 Å². The van der Waals surface area contributed by atoms with Crippen molar-refractivity contribution in [3.8, 4) is 17.2 Å². The van der Waals surface area contributed by atoms with Gasteiger partial charge in [0.25, 0.3) is 5.91 Å². The molecule has 10 nitrogen and oxygen atoms in total. The second-order valence-corrected chi connectivity index (χ2v) is 8.04. The second kappa shape index (κ2) is 14.6. The molecular weight excluding hydrogens is 500 g/mol. The Hall–Kier alpha value is -5.12. The lowest BCUT2D eigenvalue weighted by Crippen LogP contribution is -2.32. The Balaban J connectivity index is 1.50. The maximum Gasteiger partial charge on any atom is 0.329 e. The number of benzene rings is 3. The van der Waals surface area contributed by atoms with E-state index in [4.69, 9.17) is 14.2 Å². The van der Waals surface area contributed by atoms with Gasteiger partial charge in [0.2, 0.25) is 0 Å². The topological polar surface area (TPSA) is 127 Å². The molecule has 39 heavy (non-hydrogen) atoms. The molecule has 0 saturated heterocycles. The molecule has 0 heterocycles. The van der Waals surface area contributed by atoms with Gasteiger partial charge in [-0.2, -0.15) is 5.10 Å². The van der Waals surface area contributed by atoms with Crippen molar-refractivity contribution in [1.29, 1.82) is 0 Å². The van der Waals surface area contributed by atoms with Crippen LogP contribution < -0.4 is 30.3 Å². The van der Waals surface area contributed by atoms with Gasteiger partial charge in [0, 0.05) is 11.4 Å². The van der Waals surface area contributed by atoms with Gasteiger partial charge in [-0.1, -0.05) is 37.8 Å². The van der Waals surface area contributed by atoms with E-state index >= 15 is 0 Å². The molecule has 0 aliphatic heterocycles. The quantitative estimate of drug-likeness (QED) is 0.141. The number of carbonyl (C=O) groups is 3. The molecule has 3 rings (SSSR count). The number of amides is 3. The SMILES string of the molecule is C=CCOc1ccc(NC(=O)C(=O)N/N=C\c2ccc(OCC(=O)Nc3ccccc3CC)c(OC)c2)cc1. The summed E-state index contributed by atoms with van der Waals surface area (Å²) in [6.45, 7) is 5.74. The standard InChI is InChI=1S/C29H30N4O6/c1-4-16-38-23-13-11-22(12-14-23)31-28(35)29(36)33-30-18-20-10-15-25(26(17-20)37-3)39-19-27(34)32-24-9-7-6-8-21(24)5-2/h4,6-15,17-18H,1,5,16,19H2,2-3H3,(H,31,35)(H,32,34)(H,33,36)/b30-18-. The van der Waals surface area contributed by atoms with Crippen molar-refractivity contribution in [3.63, 3.8) is 0 Å². The fourth-order valence-corrected chi connectivity index (χ4v) is 3.36. The van der Waals surface area contributed by atoms with Crippen LogP contribution in [0.25, 0.3) is 0 Å². The predicted octanol–water partition coefficient (Wildman–Crippen LogP) is 3.93. The number of rotatable bonds is 12. The number of carbonyl (C=O) groups excluding carboxylic acids is 3. The van der Waals surface area contributed by atoms with Crippen molar-refractivity contribution in [3.05, 3.63) is 90.5 Å². The maximum absolute atomic E-state index is 12.4. The van der Waals surface area contributed by atoms with Gasteiger partial charge in [0.15, 0.2) is 18.1 Å². The van der Waals surface area contributed by atoms with Gasteiger partial charge in [-0.05, 0) is 66.1 Å². The maximum atomic E-state index is 12.4. The number of methoxy groups -OCH3 is 1. The summed E-state index contributed by atoms with van der Waals surface area (Å²) in [7, 11) is 1.46. The molecule has 0 aliphatic carbocycles. The van der Waals surface area contributed by atoms with Crippen LogP contribution in [-0.4, -0.2) is 44.3 Å². The highest BCUT2D eigenvalue weighted by molar-refractivity contribution is 6.39. The zero-order chi connectivity index (χ0) is 28.0. The van der Waals surface area contributed by atoms with Gasteiger partial charge < -0.3 is 24.8 Å². The van der Waals surface area contributed by atoms with E-state index in [9.17, 15) is 14.4 Å². The third-order valence-electron chi connectivity index (χ3n) is 5.28. The number of hydrogen-bond donors (Lipinski definition) is 3. The lowest BCUT2D eigenvalue weighted by Gasteiger charge is -2.13. The summed E-state index contributed by atoms with van der Waals surface area (Å²) in [5, 5.41) is 9.14. The highest BCUT2D eigenvalue weighted by Gasteiger charge is 2.13. The number of ether oxygens (including phenoxy) is 3. The minimum Gasteiger partial charge on any atom is -0.493 e. The summed E-state index contributed by atoms with van der Waals surface area (Å²) in [5.41, 5.74) is 4.94. The van der Waals surface area contributed by atoms with Gasteiger partial charge in [0.1, 0.15) is 12.4 Å². The molecule has 3 amide bonds. The average molecular weight is 531 g/mol. The minimum absolute atomic E-state index is 0.211. The highest BCUT2D eigenvalue weighted by atomic mass is 16.5. The molecule has 0 radical (unpaired) electrons. The summed E-state index contributed by atoms with van der Waals surface area (Å²) < 4.78 is 16.4. The zero-order valence-corrected chi connectivity index (χ0v) is 21.7. The molecule has 0 atom stereocenters. The van der Waals surface area contributed by atoms with Gasteiger partial charge in [-0.15, -0.1) is 0 Å². The molecule has 3 aromatic carbocycles. The van der Waals surface area contributed by atoms with Crippen molar-refractivity contribution < 1.29 is 28.6 Å². The molecule has 0 aromatic heterocycles. The molecule has 0 aliphatic rings. The second-order valence-electron chi connectivity index (χ2n) is 8.04. The Morgan fingerprint density at radius 3 is 2.41 bits per heavy atom. The first-order valence-electron chi connectivity index (χ1n) is 12.1. The monoisotopic (exact) mass is 530 g/mol. The first kappa shape index (κ1) is 28.5. The van der Waals surface area contributed by atoms with E-state index in [2.05, 4.69) is 27.7 Å². The summed E-state index contributed by atoms with van der Waals surface area (Å²) >= 11 is 0. The average Bonchev–Trinajstić information content (AvgIpc) is 2.96. The molecule has 0 fully saturated rings. The van der Waals surface area contributed by atoms with E-state index in [0.717, 1.165) is 17.7 Å². The molecule has 0 saturated carbocycles. The Morgan fingerprint density at radius 1 is 0.923 bits per heavy atom. The van der Waals surface area contributed by atoms with Crippen molar-refractivity contribution in [2.45, 2.75) is 13.3 Å². The van der Waals surface area contributed by atoms with Gasteiger partial charge >= 0.3 is 11.8 Å². The van der Waals surface area contributed by atoms with Crippen molar-refractivity contribution in [2.24, 2.45) is 5.10 Å². The van der Waals surface area contributed by atoms with Gasteiger partial charge in [-0.25, -0.2) is 5.43 Å². The van der Waals surface area contributed by atoms with E-state index in [1.165, 1.54) is 13.3 Å². The number of anilines is 2. The van der Waals surface area contributed by atoms with E-state index in [-0.39, 0.29) is 12.5 Å². The zero-order valence-electron chi connectivity index (χ0n) is 21.7. The van der Waals surface area contributed by atoms with Crippen LogP contribution in [0.15, 0.2) is 84.5 Å². The number of nitrogens with one attached hydrogen (secondary N) is 3. The number of hydrogen-bond acceptors (Lipinski definition) is 7. The third kappa shape index (κ3) is 8.74. The smallest absolute Gasteiger partial charge is 0.329 e. The number of nitrogens with zero attached hydrogens (tertiary/aromatic N) is 1. The first-order valence-corrected chi connectivity index (χ1v) is 12.1. The van der Waals surface area contributed by atoms with Crippen molar-refractivity contribution >= 4 is 35.3 Å². The Morgan fingerprint density at radius 2 is 1.69 bits per heavy atom. The van der Waals surface area contributed by atoms with E-state index in [1.54, 1.807) is 48.5 Å². The summed E-state index contributed by atoms with van der Waals surface area (Å²) in [6.07, 6.45) is 3.76. The normalized spacial score (nSPS) is 10.4. The first-order chi connectivity index (χ1) is 18.9. The lowest BCUT2D eigenvalue weighted by atomic mass is 10.1. The van der Waals surface area contributed by atoms with E-state index in [1.807, 2.05) is 31.2 Å². The number of para-hydroxylation sites is 1. The Bertz CT molecular complexity index is 1340.